The summed E-state index contributed by atoms with van der Waals surface area (Å²) >= 11 is 3.00. The second kappa shape index (κ2) is 6.63. The van der Waals surface area contributed by atoms with Crippen LogP contribution in [0.1, 0.15) is 22.8 Å². The molecule has 0 heterocycles. The summed E-state index contributed by atoms with van der Waals surface area (Å²) < 4.78 is 46.7. The molecular weight excluding hydrogens is 317 g/mol. The molecule has 100 valence electrons. The first-order valence-corrected chi connectivity index (χ1v) is 6.12. The van der Waals surface area contributed by atoms with Crippen molar-refractivity contribution in [2.45, 2.75) is 18.9 Å². The Hall–Kier alpha value is -1.24. The van der Waals surface area contributed by atoms with Crippen LogP contribution in [0.25, 0.3) is 0 Å². The predicted molar refractivity (Wildman–Crippen MR) is 61.6 cm³/mol. The molecule has 0 amide bonds. The van der Waals surface area contributed by atoms with E-state index in [0.717, 1.165) is 12.1 Å². The number of hydrogen-bond donors (Lipinski definition) is 0. The number of benzene rings is 1. The zero-order valence-electron chi connectivity index (χ0n) is 9.38. The van der Waals surface area contributed by atoms with Crippen LogP contribution in [-0.4, -0.2) is 19.2 Å². The van der Waals surface area contributed by atoms with Gasteiger partial charge in [-0.3, -0.25) is 0 Å². The van der Waals surface area contributed by atoms with E-state index in [1.54, 1.807) is 6.92 Å². The molecule has 0 aliphatic heterocycles. The lowest BCUT2D eigenvalue weighted by atomic mass is 10.1. The van der Waals surface area contributed by atoms with Crippen molar-refractivity contribution in [3.63, 3.8) is 0 Å². The lowest BCUT2D eigenvalue weighted by molar-refractivity contribution is -0.0505. The molecular formula is C11H10BrF3O3. The summed E-state index contributed by atoms with van der Waals surface area (Å²) in [6.07, 6.45) is 0. The number of carbonyl (C=O) groups is 1. The van der Waals surface area contributed by atoms with Gasteiger partial charge < -0.3 is 9.47 Å². The largest absolute Gasteiger partial charge is 0.462 e. The monoisotopic (exact) mass is 326 g/mol. The molecule has 0 spiro atoms. The van der Waals surface area contributed by atoms with Crippen LogP contribution in [0.15, 0.2) is 12.1 Å². The lowest BCUT2D eigenvalue weighted by Gasteiger charge is -2.12. The topological polar surface area (TPSA) is 35.5 Å². The first-order valence-electron chi connectivity index (χ1n) is 4.99. The Morgan fingerprint density at radius 1 is 1.44 bits per heavy atom. The quantitative estimate of drug-likeness (QED) is 0.613. The maximum absolute atomic E-state index is 13.5. The molecule has 0 aromatic heterocycles. The van der Waals surface area contributed by atoms with E-state index in [1.165, 1.54) is 0 Å². The molecule has 0 N–H and O–H groups in total. The van der Waals surface area contributed by atoms with Gasteiger partial charge in [-0.25, -0.2) is 9.18 Å². The third-order valence-electron chi connectivity index (χ3n) is 2.00. The number of ether oxygens (including phenoxy) is 2. The van der Waals surface area contributed by atoms with E-state index in [2.05, 4.69) is 25.4 Å². The summed E-state index contributed by atoms with van der Waals surface area (Å²) in [6.45, 7) is -1.50. The maximum Gasteiger partial charge on any atom is 0.387 e. The average Bonchev–Trinajstić information content (AvgIpc) is 2.30. The molecule has 3 nitrogen and oxygen atoms in total. The number of alkyl halides is 3. The smallest absolute Gasteiger partial charge is 0.387 e. The second-order valence-electron chi connectivity index (χ2n) is 3.17. The lowest BCUT2D eigenvalue weighted by Crippen LogP contribution is -2.11. The van der Waals surface area contributed by atoms with E-state index in [1.807, 2.05) is 0 Å². The van der Waals surface area contributed by atoms with Gasteiger partial charge in [0.15, 0.2) is 0 Å². The van der Waals surface area contributed by atoms with Gasteiger partial charge in [-0.2, -0.15) is 8.78 Å². The van der Waals surface area contributed by atoms with Crippen LogP contribution in [0, 0.1) is 5.82 Å². The third kappa shape index (κ3) is 3.63. The number of carbonyl (C=O) groups excluding carboxylic acids is 1. The van der Waals surface area contributed by atoms with Gasteiger partial charge in [-0.05, 0) is 19.1 Å². The summed E-state index contributed by atoms with van der Waals surface area (Å²) in [5.41, 5.74) is -0.252. The summed E-state index contributed by atoms with van der Waals surface area (Å²) in [5.74, 6) is -2.01. The molecule has 0 atom stereocenters. The van der Waals surface area contributed by atoms with E-state index in [-0.39, 0.29) is 23.1 Å². The molecule has 7 heteroatoms. The first kappa shape index (κ1) is 14.8. The molecule has 0 bridgehead atoms. The van der Waals surface area contributed by atoms with Crippen molar-refractivity contribution in [2.75, 3.05) is 6.61 Å². The van der Waals surface area contributed by atoms with Crippen molar-refractivity contribution in [3.8, 4) is 5.75 Å². The van der Waals surface area contributed by atoms with E-state index in [4.69, 9.17) is 0 Å². The van der Waals surface area contributed by atoms with Crippen molar-refractivity contribution in [1.82, 2.24) is 0 Å². The molecule has 1 aromatic rings. The Morgan fingerprint density at radius 3 is 2.61 bits per heavy atom. The van der Waals surface area contributed by atoms with Crippen molar-refractivity contribution in [2.24, 2.45) is 0 Å². The highest BCUT2D eigenvalue weighted by atomic mass is 79.9. The molecule has 0 radical (unpaired) electrons. The van der Waals surface area contributed by atoms with Gasteiger partial charge in [-0.15, -0.1) is 0 Å². The SMILES string of the molecule is CCOC(=O)c1cc(F)c(CBr)cc1OC(F)F. The Bertz CT molecular complexity index is 438. The fourth-order valence-corrected chi connectivity index (χ4v) is 1.69. The third-order valence-corrected chi connectivity index (χ3v) is 2.61. The number of hydrogen-bond acceptors (Lipinski definition) is 3. The highest BCUT2D eigenvalue weighted by molar-refractivity contribution is 9.08. The predicted octanol–water partition coefficient (Wildman–Crippen LogP) is 3.50. The molecule has 0 saturated carbocycles. The zero-order chi connectivity index (χ0) is 13.7. The highest BCUT2D eigenvalue weighted by Gasteiger charge is 2.20. The molecule has 0 saturated heterocycles. The summed E-state index contributed by atoms with van der Waals surface area (Å²) in [6, 6.07) is 1.87. The average molecular weight is 327 g/mol. The Balaban J connectivity index is 3.20. The van der Waals surface area contributed by atoms with Crippen LogP contribution in [0.4, 0.5) is 13.2 Å². The minimum absolute atomic E-state index is 0.0504. The fourth-order valence-electron chi connectivity index (χ4n) is 1.26. The molecule has 0 unspecified atom stereocenters. The van der Waals surface area contributed by atoms with Crippen LogP contribution in [0.5, 0.6) is 5.75 Å². The Labute approximate surface area is 110 Å². The van der Waals surface area contributed by atoms with Gasteiger partial charge >= 0.3 is 12.6 Å². The Morgan fingerprint density at radius 2 is 2.11 bits per heavy atom. The molecule has 1 aromatic carbocycles. The van der Waals surface area contributed by atoms with Crippen molar-refractivity contribution >= 4 is 21.9 Å². The summed E-state index contributed by atoms with van der Waals surface area (Å²) in [7, 11) is 0. The van der Waals surface area contributed by atoms with E-state index in [0.29, 0.717) is 0 Å². The number of halogens is 4. The minimum Gasteiger partial charge on any atom is -0.462 e. The van der Waals surface area contributed by atoms with Crippen molar-refractivity contribution in [1.29, 1.82) is 0 Å². The van der Waals surface area contributed by atoms with E-state index < -0.39 is 24.1 Å². The van der Waals surface area contributed by atoms with Gasteiger partial charge in [0.2, 0.25) is 0 Å². The van der Waals surface area contributed by atoms with Gasteiger partial charge in [0.25, 0.3) is 0 Å². The number of esters is 1. The highest BCUT2D eigenvalue weighted by Crippen LogP contribution is 2.27. The maximum atomic E-state index is 13.5. The summed E-state index contributed by atoms with van der Waals surface area (Å²) in [4.78, 5) is 11.5. The van der Waals surface area contributed by atoms with Gasteiger partial charge in [0.05, 0.1) is 6.61 Å². The van der Waals surface area contributed by atoms with E-state index >= 15 is 0 Å². The van der Waals surface area contributed by atoms with Crippen LogP contribution in [0.2, 0.25) is 0 Å². The number of rotatable bonds is 5. The molecule has 0 aliphatic carbocycles. The van der Waals surface area contributed by atoms with Crippen LogP contribution < -0.4 is 4.74 Å². The summed E-state index contributed by atoms with van der Waals surface area (Å²) in [5, 5.41) is 0.113. The molecule has 18 heavy (non-hydrogen) atoms. The normalized spacial score (nSPS) is 10.6. The first-order chi connectivity index (χ1) is 8.49. The van der Waals surface area contributed by atoms with Gasteiger partial charge in [-0.1, -0.05) is 15.9 Å². The van der Waals surface area contributed by atoms with Crippen LogP contribution in [0.3, 0.4) is 0 Å². The van der Waals surface area contributed by atoms with Gasteiger partial charge in [0.1, 0.15) is 17.1 Å². The fraction of sp³-hybridized carbons (Fsp3) is 0.364. The standard InChI is InChI=1S/C11H10BrF3O3/c1-2-17-10(16)7-4-8(13)6(5-12)3-9(7)18-11(14)15/h3-4,11H,2,5H2,1H3. The zero-order valence-corrected chi connectivity index (χ0v) is 11.0. The minimum atomic E-state index is -3.10. The van der Waals surface area contributed by atoms with Crippen molar-refractivity contribution < 1.29 is 27.4 Å². The van der Waals surface area contributed by atoms with Crippen molar-refractivity contribution in [3.05, 3.63) is 29.1 Å². The van der Waals surface area contributed by atoms with Gasteiger partial charge in [0, 0.05) is 10.9 Å². The van der Waals surface area contributed by atoms with Crippen LogP contribution >= 0.6 is 15.9 Å². The second-order valence-corrected chi connectivity index (χ2v) is 3.73. The van der Waals surface area contributed by atoms with Crippen LogP contribution in [-0.2, 0) is 10.1 Å². The Kier molecular flexibility index (Phi) is 5.46. The molecule has 0 fully saturated rings. The molecule has 0 aliphatic rings. The van der Waals surface area contributed by atoms with E-state index in [9.17, 15) is 18.0 Å². The molecule has 1 rings (SSSR count).